The highest BCUT2D eigenvalue weighted by Gasteiger charge is 2.18. The van der Waals surface area contributed by atoms with Gasteiger partial charge in [-0.05, 0) is 31.0 Å². The van der Waals surface area contributed by atoms with Crippen LogP contribution in [-0.2, 0) is 11.2 Å². The Morgan fingerprint density at radius 3 is 2.77 bits per heavy atom. The maximum atomic E-state index is 11.6. The van der Waals surface area contributed by atoms with E-state index in [1.807, 2.05) is 12.1 Å². The van der Waals surface area contributed by atoms with Gasteiger partial charge in [-0.15, -0.1) is 11.3 Å². The van der Waals surface area contributed by atoms with Gasteiger partial charge >= 0.3 is 11.9 Å². The van der Waals surface area contributed by atoms with E-state index in [-0.39, 0.29) is 10.8 Å². The number of thiophene rings is 1. The fraction of sp³-hybridized carbons (Fsp3) is 0.238. The number of hydrogen-bond donors (Lipinski definition) is 2. The topological polar surface area (TPSA) is 111 Å². The average molecular weight is 427 g/mol. The minimum Gasteiger partial charge on any atom is -0.492 e. The Bertz CT molecular complexity index is 1050. The molecule has 0 atom stereocenters. The van der Waals surface area contributed by atoms with E-state index in [1.54, 1.807) is 31.2 Å². The zero-order valence-corrected chi connectivity index (χ0v) is 17.4. The summed E-state index contributed by atoms with van der Waals surface area (Å²) in [5.41, 5.74) is 2.11. The SMILES string of the molecule is CCOc1cc(-c2cc(NCCc3cccc(C(=O)OC)c3)ncn2)sc1C(=O)O. The molecule has 30 heavy (non-hydrogen) atoms. The van der Waals surface area contributed by atoms with E-state index in [9.17, 15) is 14.7 Å². The second kappa shape index (κ2) is 9.84. The van der Waals surface area contributed by atoms with Crippen molar-refractivity contribution >= 4 is 29.1 Å². The van der Waals surface area contributed by atoms with Crippen molar-refractivity contribution in [3.05, 3.63) is 58.7 Å². The van der Waals surface area contributed by atoms with Crippen molar-refractivity contribution in [3.63, 3.8) is 0 Å². The fourth-order valence-corrected chi connectivity index (χ4v) is 3.72. The number of aromatic nitrogens is 2. The van der Waals surface area contributed by atoms with E-state index in [4.69, 9.17) is 9.47 Å². The molecule has 9 heteroatoms. The summed E-state index contributed by atoms with van der Waals surface area (Å²) in [6.45, 7) is 2.77. The molecule has 1 aromatic carbocycles. The van der Waals surface area contributed by atoms with Gasteiger partial charge in [-0.25, -0.2) is 19.6 Å². The lowest BCUT2D eigenvalue weighted by Crippen LogP contribution is -2.08. The molecule has 0 bridgehead atoms. The van der Waals surface area contributed by atoms with Crippen LogP contribution in [0.1, 0.15) is 32.5 Å². The maximum Gasteiger partial charge on any atom is 0.349 e. The molecule has 0 aliphatic carbocycles. The lowest BCUT2D eigenvalue weighted by atomic mass is 10.1. The van der Waals surface area contributed by atoms with Crippen molar-refractivity contribution in [3.8, 4) is 16.3 Å². The van der Waals surface area contributed by atoms with Gasteiger partial charge in [0.05, 0.1) is 29.9 Å². The van der Waals surface area contributed by atoms with Gasteiger partial charge in [-0.3, -0.25) is 0 Å². The number of esters is 1. The molecular formula is C21H21N3O5S. The predicted octanol–water partition coefficient (Wildman–Crippen LogP) is 3.74. The lowest BCUT2D eigenvalue weighted by molar-refractivity contribution is 0.0599. The first-order chi connectivity index (χ1) is 14.5. The molecule has 2 aromatic heterocycles. The van der Waals surface area contributed by atoms with Crippen LogP contribution in [0, 0.1) is 0 Å². The lowest BCUT2D eigenvalue weighted by Gasteiger charge is -2.07. The van der Waals surface area contributed by atoms with Crippen molar-refractivity contribution in [1.29, 1.82) is 0 Å². The number of methoxy groups -OCH3 is 1. The molecule has 156 valence electrons. The summed E-state index contributed by atoms with van der Waals surface area (Å²) in [6.07, 6.45) is 2.11. The molecule has 0 aliphatic heterocycles. The number of hydrogen-bond acceptors (Lipinski definition) is 8. The average Bonchev–Trinajstić information content (AvgIpc) is 3.18. The Kier molecular flexibility index (Phi) is 6.97. The normalized spacial score (nSPS) is 10.5. The first-order valence-electron chi connectivity index (χ1n) is 9.25. The number of benzene rings is 1. The van der Waals surface area contributed by atoms with Crippen LogP contribution in [-0.4, -0.2) is 47.3 Å². The Morgan fingerprint density at radius 2 is 2.03 bits per heavy atom. The number of carboxylic acid groups (broad SMARTS) is 1. The number of nitrogens with one attached hydrogen (secondary N) is 1. The smallest absolute Gasteiger partial charge is 0.349 e. The van der Waals surface area contributed by atoms with Gasteiger partial charge in [-0.2, -0.15) is 0 Å². The molecule has 3 rings (SSSR count). The highest BCUT2D eigenvalue weighted by Crippen LogP contribution is 2.36. The fourth-order valence-electron chi connectivity index (χ4n) is 2.81. The molecule has 2 heterocycles. The van der Waals surface area contributed by atoms with Crippen LogP contribution in [0.2, 0.25) is 0 Å². The molecule has 0 unspecified atom stereocenters. The minimum atomic E-state index is -1.03. The van der Waals surface area contributed by atoms with Gasteiger partial charge in [0, 0.05) is 18.7 Å². The van der Waals surface area contributed by atoms with Crippen LogP contribution < -0.4 is 10.1 Å². The highest BCUT2D eigenvalue weighted by atomic mass is 32.1. The third-order valence-corrected chi connectivity index (χ3v) is 5.31. The van der Waals surface area contributed by atoms with Crippen LogP contribution in [0.5, 0.6) is 5.75 Å². The number of nitrogens with zero attached hydrogens (tertiary/aromatic N) is 2. The highest BCUT2D eigenvalue weighted by molar-refractivity contribution is 7.17. The van der Waals surface area contributed by atoms with Crippen molar-refractivity contribution < 1.29 is 24.2 Å². The van der Waals surface area contributed by atoms with Crippen molar-refractivity contribution in [2.24, 2.45) is 0 Å². The predicted molar refractivity (Wildman–Crippen MR) is 113 cm³/mol. The molecule has 3 aromatic rings. The largest absolute Gasteiger partial charge is 0.492 e. The Morgan fingerprint density at radius 1 is 1.20 bits per heavy atom. The van der Waals surface area contributed by atoms with Crippen LogP contribution in [0.25, 0.3) is 10.6 Å². The van der Waals surface area contributed by atoms with E-state index in [0.29, 0.717) is 47.3 Å². The van der Waals surface area contributed by atoms with Crippen LogP contribution in [0.3, 0.4) is 0 Å². The molecule has 0 aliphatic rings. The first-order valence-corrected chi connectivity index (χ1v) is 10.1. The molecule has 0 saturated carbocycles. The standard InChI is InChI=1S/C21H21N3O5S/c1-3-29-16-11-17(30-19(16)20(25)26)15-10-18(24-12-23-15)22-8-7-13-5-4-6-14(9-13)21(27)28-2/h4-6,9-12H,3,7-8H2,1-2H3,(H,25,26)(H,22,23,24). The number of anilines is 1. The number of aromatic carboxylic acids is 1. The summed E-state index contributed by atoms with van der Waals surface area (Å²) in [6, 6.07) is 10.7. The van der Waals surface area contributed by atoms with Gasteiger partial charge in [0.2, 0.25) is 0 Å². The van der Waals surface area contributed by atoms with Crippen LogP contribution in [0.15, 0.2) is 42.7 Å². The molecule has 8 nitrogen and oxygen atoms in total. The van der Waals surface area contributed by atoms with Crippen molar-refractivity contribution in [2.45, 2.75) is 13.3 Å². The summed E-state index contributed by atoms with van der Waals surface area (Å²) < 4.78 is 10.2. The summed E-state index contributed by atoms with van der Waals surface area (Å²) in [5, 5.41) is 12.6. The van der Waals surface area contributed by atoms with Crippen molar-refractivity contribution in [1.82, 2.24) is 9.97 Å². The number of rotatable bonds is 9. The Hall–Kier alpha value is -3.46. The van der Waals surface area contributed by atoms with Gasteiger partial charge in [0.1, 0.15) is 17.9 Å². The molecule has 2 N–H and O–H groups in total. The van der Waals surface area contributed by atoms with E-state index in [2.05, 4.69) is 15.3 Å². The molecule has 0 saturated heterocycles. The third kappa shape index (κ3) is 5.12. The van der Waals surface area contributed by atoms with Crippen LogP contribution in [0.4, 0.5) is 5.82 Å². The van der Waals surface area contributed by atoms with Crippen molar-refractivity contribution in [2.75, 3.05) is 25.6 Å². The van der Waals surface area contributed by atoms with E-state index in [0.717, 1.165) is 16.9 Å². The summed E-state index contributed by atoms with van der Waals surface area (Å²) >= 11 is 1.11. The Labute approximate surface area is 177 Å². The minimum absolute atomic E-state index is 0.144. The third-order valence-electron chi connectivity index (χ3n) is 4.18. The van der Waals surface area contributed by atoms with Crippen LogP contribution >= 0.6 is 11.3 Å². The van der Waals surface area contributed by atoms with Gasteiger partial charge in [0.25, 0.3) is 0 Å². The maximum absolute atomic E-state index is 11.6. The Balaban J connectivity index is 1.69. The summed E-state index contributed by atoms with van der Waals surface area (Å²) in [4.78, 5) is 32.4. The molecule has 0 radical (unpaired) electrons. The number of carbonyl (C=O) groups is 2. The summed E-state index contributed by atoms with van der Waals surface area (Å²) in [5.74, 6) is -0.444. The summed E-state index contributed by atoms with van der Waals surface area (Å²) in [7, 11) is 1.35. The monoisotopic (exact) mass is 427 g/mol. The van der Waals surface area contributed by atoms with Gasteiger partial charge in [-0.1, -0.05) is 12.1 Å². The molecule has 0 amide bonds. The number of carbonyl (C=O) groups excluding carboxylic acids is 1. The quantitative estimate of drug-likeness (QED) is 0.497. The van der Waals surface area contributed by atoms with E-state index < -0.39 is 5.97 Å². The molecular weight excluding hydrogens is 406 g/mol. The molecule has 0 fully saturated rings. The van der Waals surface area contributed by atoms with E-state index in [1.165, 1.54) is 13.4 Å². The van der Waals surface area contributed by atoms with E-state index >= 15 is 0 Å². The number of ether oxygens (including phenoxy) is 2. The second-order valence-electron chi connectivity index (χ2n) is 6.20. The molecule has 0 spiro atoms. The zero-order chi connectivity index (χ0) is 21.5. The van der Waals surface area contributed by atoms with Gasteiger partial charge < -0.3 is 19.9 Å². The number of carboxylic acids is 1. The second-order valence-corrected chi connectivity index (χ2v) is 7.25. The van der Waals surface area contributed by atoms with Gasteiger partial charge in [0.15, 0.2) is 4.88 Å². The first kappa shape index (κ1) is 21.3. The zero-order valence-electron chi connectivity index (χ0n) is 16.5.